The summed E-state index contributed by atoms with van der Waals surface area (Å²) in [4.78, 5) is 27.8. The van der Waals surface area contributed by atoms with Crippen LogP contribution in [0.15, 0.2) is 18.3 Å². The van der Waals surface area contributed by atoms with Crippen molar-refractivity contribution >= 4 is 11.9 Å². The van der Waals surface area contributed by atoms with E-state index < -0.39 is 11.4 Å². The molecule has 0 saturated heterocycles. The molecule has 5 heteroatoms. The molecule has 2 rings (SSSR count). The topological polar surface area (TPSA) is 79.3 Å². The maximum absolute atomic E-state index is 12.1. The number of carboxylic acids is 1. The van der Waals surface area contributed by atoms with Gasteiger partial charge in [0.15, 0.2) is 0 Å². The van der Waals surface area contributed by atoms with Crippen LogP contribution in [0, 0.1) is 18.3 Å². The van der Waals surface area contributed by atoms with Crippen LogP contribution < -0.4 is 5.32 Å². The highest BCUT2D eigenvalue weighted by molar-refractivity contribution is 5.94. The number of carboxylic acid groups (broad SMARTS) is 1. The Morgan fingerprint density at radius 2 is 2.10 bits per heavy atom. The molecule has 21 heavy (non-hydrogen) atoms. The molecule has 1 saturated carbocycles. The highest BCUT2D eigenvalue weighted by Crippen LogP contribution is 2.38. The molecule has 0 atom stereocenters. The van der Waals surface area contributed by atoms with Crippen LogP contribution in [-0.2, 0) is 4.79 Å². The number of carbonyl (C=O) groups excluding carboxylic acids is 1. The molecule has 0 unspecified atom stereocenters. The lowest BCUT2D eigenvalue weighted by Crippen LogP contribution is -2.45. The van der Waals surface area contributed by atoms with Crippen molar-refractivity contribution in [3.8, 4) is 0 Å². The SMILES string of the molecule is Cc1cc(C(=O)NCC2(C(=O)O)CCC(C)CC2)ccn1. The quantitative estimate of drug-likeness (QED) is 0.892. The molecule has 5 nitrogen and oxygen atoms in total. The monoisotopic (exact) mass is 290 g/mol. The number of aliphatic carboxylic acids is 1. The van der Waals surface area contributed by atoms with Crippen LogP contribution in [0.2, 0.25) is 0 Å². The van der Waals surface area contributed by atoms with Gasteiger partial charge in [0, 0.05) is 24.0 Å². The second-order valence-corrected chi connectivity index (χ2v) is 6.14. The van der Waals surface area contributed by atoms with Crippen LogP contribution in [0.25, 0.3) is 0 Å². The van der Waals surface area contributed by atoms with Gasteiger partial charge in [-0.15, -0.1) is 0 Å². The van der Waals surface area contributed by atoms with Crippen molar-refractivity contribution < 1.29 is 14.7 Å². The highest BCUT2D eigenvalue weighted by Gasteiger charge is 2.41. The average molecular weight is 290 g/mol. The number of aromatic nitrogens is 1. The zero-order chi connectivity index (χ0) is 15.5. The molecule has 1 aliphatic carbocycles. The molecule has 0 aliphatic heterocycles. The van der Waals surface area contributed by atoms with Crippen LogP contribution in [0.4, 0.5) is 0 Å². The fourth-order valence-corrected chi connectivity index (χ4v) is 2.82. The highest BCUT2D eigenvalue weighted by atomic mass is 16.4. The van der Waals surface area contributed by atoms with Crippen LogP contribution in [0.3, 0.4) is 0 Å². The number of nitrogens with zero attached hydrogens (tertiary/aromatic N) is 1. The molecule has 1 amide bonds. The molecule has 0 radical (unpaired) electrons. The number of pyridine rings is 1. The minimum Gasteiger partial charge on any atom is -0.481 e. The van der Waals surface area contributed by atoms with E-state index in [1.165, 1.54) is 0 Å². The predicted octanol–water partition coefficient (Wildman–Crippen LogP) is 2.40. The third-order valence-corrected chi connectivity index (χ3v) is 4.43. The fraction of sp³-hybridized carbons (Fsp3) is 0.562. The Bertz CT molecular complexity index is 534. The Balaban J connectivity index is 2.02. The number of carbonyl (C=O) groups is 2. The smallest absolute Gasteiger partial charge is 0.311 e. The van der Waals surface area contributed by atoms with Gasteiger partial charge in [0.05, 0.1) is 5.41 Å². The Hall–Kier alpha value is -1.91. The van der Waals surface area contributed by atoms with Gasteiger partial charge >= 0.3 is 5.97 Å². The van der Waals surface area contributed by atoms with Crippen molar-refractivity contribution in [1.29, 1.82) is 0 Å². The van der Waals surface area contributed by atoms with E-state index in [1.807, 2.05) is 6.92 Å². The van der Waals surface area contributed by atoms with Gasteiger partial charge in [-0.05, 0) is 50.7 Å². The first-order chi connectivity index (χ1) is 9.93. The summed E-state index contributed by atoms with van der Waals surface area (Å²) in [5.41, 5.74) is 0.471. The van der Waals surface area contributed by atoms with Gasteiger partial charge in [-0.25, -0.2) is 0 Å². The maximum Gasteiger partial charge on any atom is 0.311 e. The molecule has 1 aliphatic rings. The van der Waals surface area contributed by atoms with E-state index in [9.17, 15) is 14.7 Å². The Morgan fingerprint density at radius 3 is 2.67 bits per heavy atom. The normalized spacial score (nSPS) is 25.3. The number of nitrogens with one attached hydrogen (secondary N) is 1. The van der Waals surface area contributed by atoms with Gasteiger partial charge in [-0.3, -0.25) is 14.6 Å². The zero-order valence-electron chi connectivity index (χ0n) is 12.6. The maximum atomic E-state index is 12.1. The molecule has 0 aromatic carbocycles. The van der Waals surface area contributed by atoms with Crippen molar-refractivity contribution in [2.75, 3.05) is 6.54 Å². The summed E-state index contributed by atoms with van der Waals surface area (Å²) in [7, 11) is 0. The van der Waals surface area contributed by atoms with Crippen LogP contribution in [-0.4, -0.2) is 28.5 Å². The summed E-state index contributed by atoms with van der Waals surface area (Å²) in [6, 6.07) is 3.34. The molecule has 114 valence electrons. The molecule has 0 bridgehead atoms. The van der Waals surface area contributed by atoms with E-state index in [1.54, 1.807) is 18.3 Å². The van der Waals surface area contributed by atoms with Gasteiger partial charge in [-0.1, -0.05) is 6.92 Å². The number of hydrogen-bond acceptors (Lipinski definition) is 3. The fourth-order valence-electron chi connectivity index (χ4n) is 2.82. The first-order valence-electron chi connectivity index (χ1n) is 7.37. The van der Waals surface area contributed by atoms with Crippen molar-refractivity contribution in [3.63, 3.8) is 0 Å². The van der Waals surface area contributed by atoms with E-state index >= 15 is 0 Å². The van der Waals surface area contributed by atoms with Gasteiger partial charge in [0.2, 0.25) is 0 Å². The largest absolute Gasteiger partial charge is 0.481 e. The molecule has 0 spiro atoms. The summed E-state index contributed by atoms with van der Waals surface area (Å²) >= 11 is 0. The molecule has 1 fully saturated rings. The van der Waals surface area contributed by atoms with E-state index in [2.05, 4.69) is 17.2 Å². The number of amides is 1. The van der Waals surface area contributed by atoms with Crippen LogP contribution >= 0.6 is 0 Å². The molecule has 2 N–H and O–H groups in total. The van der Waals surface area contributed by atoms with E-state index in [0.29, 0.717) is 24.3 Å². The van der Waals surface area contributed by atoms with Crippen LogP contribution in [0.1, 0.15) is 48.7 Å². The third kappa shape index (κ3) is 3.60. The lowest BCUT2D eigenvalue weighted by Gasteiger charge is -2.35. The van der Waals surface area contributed by atoms with Crippen molar-refractivity contribution in [2.24, 2.45) is 11.3 Å². The van der Waals surface area contributed by atoms with Gasteiger partial charge in [0.25, 0.3) is 5.91 Å². The summed E-state index contributed by atoms with van der Waals surface area (Å²) in [6.45, 7) is 4.15. The number of hydrogen-bond donors (Lipinski definition) is 2. The van der Waals surface area contributed by atoms with E-state index in [-0.39, 0.29) is 12.5 Å². The molecule has 1 aromatic rings. The minimum atomic E-state index is -0.815. The van der Waals surface area contributed by atoms with Gasteiger partial charge in [0.1, 0.15) is 0 Å². The van der Waals surface area contributed by atoms with Crippen molar-refractivity contribution in [1.82, 2.24) is 10.3 Å². The second-order valence-electron chi connectivity index (χ2n) is 6.14. The second kappa shape index (κ2) is 6.24. The Morgan fingerprint density at radius 1 is 1.43 bits per heavy atom. The molecule has 1 heterocycles. The lowest BCUT2D eigenvalue weighted by molar-refractivity contribution is -0.151. The van der Waals surface area contributed by atoms with Crippen molar-refractivity contribution in [2.45, 2.75) is 39.5 Å². The average Bonchev–Trinajstić information content (AvgIpc) is 2.46. The molecular weight excluding hydrogens is 268 g/mol. The first kappa shape index (κ1) is 15.5. The Kier molecular flexibility index (Phi) is 4.60. The zero-order valence-corrected chi connectivity index (χ0v) is 12.6. The van der Waals surface area contributed by atoms with E-state index in [4.69, 9.17) is 0 Å². The molecule has 1 aromatic heterocycles. The first-order valence-corrected chi connectivity index (χ1v) is 7.37. The molecular formula is C16H22N2O3. The number of rotatable bonds is 4. The summed E-state index contributed by atoms with van der Waals surface area (Å²) in [6.07, 6.45) is 4.63. The van der Waals surface area contributed by atoms with E-state index in [0.717, 1.165) is 18.5 Å². The summed E-state index contributed by atoms with van der Waals surface area (Å²) in [5, 5.41) is 12.3. The standard InChI is InChI=1S/C16H22N2O3/c1-11-3-6-16(7-4-11,15(20)21)10-18-14(19)13-5-8-17-12(2)9-13/h5,8-9,11H,3-4,6-7,10H2,1-2H3,(H,18,19)(H,20,21). The summed E-state index contributed by atoms with van der Waals surface area (Å²) in [5.74, 6) is -0.476. The third-order valence-electron chi connectivity index (χ3n) is 4.43. The predicted molar refractivity (Wildman–Crippen MR) is 79.0 cm³/mol. The van der Waals surface area contributed by atoms with Crippen molar-refractivity contribution in [3.05, 3.63) is 29.6 Å². The minimum absolute atomic E-state index is 0.190. The Labute approximate surface area is 124 Å². The lowest BCUT2D eigenvalue weighted by atomic mass is 9.71. The summed E-state index contributed by atoms with van der Waals surface area (Å²) < 4.78 is 0. The van der Waals surface area contributed by atoms with Gasteiger partial charge in [-0.2, -0.15) is 0 Å². The number of aryl methyl sites for hydroxylation is 1. The van der Waals surface area contributed by atoms with Crippen LogP contribution in [0.5, 0.6) is 0 Å². The van der Waals surface area contributed by atoms with Gasteiger partial charge < -0.3 is 10.4 Å².